The zero-order valence-corrected chi connectivity index (χ0v) is 16.3. The molecule has 1 N–H and O–H groups in total. The van der Waals surface area contributed by atoms with Crippen LogP contribution in [0, 0.1) is 0 Å². The number of nitrogens with zero attached hydrogens (tertiary/aromatic N) is 3. The van der Waals surface area contributed by atoms with Crippen LogP contribution in [-0.4, -0.2) is 58.3 Å². The van der Waals surface area contributed by atoms with Crippen LogP contribution in [0.4, 0.5) is 16.2 Å². The molecule has 3 rings (SSSR count). The van der Waals surface area contributed by atoms with Crippen molar-refractivity contribution >= 4 is 17.4 Å². The fourth-order valence-electron chi connectivity index (χ4n) is 3.26. The van der Waals surface area contributed by atoms with E-state index >= 15 is 0 Å². The summed E-state index contributed by atoms with van der Waals surface area (Å²) in [6, 6.07) is 16.3. The molecule has 0 aromatic heterocycles. The van der Waals surface area contributed by atoms with Gasteiger partial charge in [0.1, 0.15) is 5.75 Å². The van der Waals surface area contributed by atoms with Gasteiger partial charge in [-0.3, -0.25) is 0 Å². The van der Waals surface area contributed by atoms with Crippen molar-refractivity contribution in [1.29, 1.82) is 0 Å². The van der Waals surface area contributed by atoms with Gasteiger partial charge in [-0.05, 0) is 30.3 Å². The lowest BCUT2D eigenvalue weighted by Gasteiger charge is -2.36. The number of methoxy groups -OCH3 is 1. The molecule has 1 aliphatic rings. The minimum atomic E-state index is -0.0245. The Morgan fingerprint density at radius 2 is 1.70 bits per heavy atom. The van der Waals surface area contributed by atoms with Gasteiger partial charge in [-0.25, -0.2) is 4.79 Å². The van der Waals surface area contributed by atoms with Crippen LogP contribution in [0.3, 0.4) is 0 Å². The van der Waals surface area contributed by atoms with Crippen LogP contribution in [0.15, 0.2) is 48.5 Å². The molecule has 2 amide bonds. The summed E-state index contributed by atoms with van der Waals surface area (Å²) in [4.78, 5) is 18.8. The number of rotatable bonds is 5. The van der Waals surface area contributed by atoms with Crippen molar-refractivity contribution in [3.63, 3.8) is 0 Å². The second-order valence-electron chi connectivity index (χ2n) is 6.86. The Labute approximate surface area is 161 Å². The van der Waals surface area contributed by atoms with Gasteiger partial charge in [0.25, 0.3) is 0 Å². The largest absolute Gasteiger partial charge is 0.496 e. The predicted octanol–water partition coefficient (Wildman–Crippen LogP) is 2.79. The first kappa shape index (κ1) is 18.9. The first-order chi connectivity index (χ1) is 13.1. The van der Waals surface area contributed by atoms with Crippen LogP contribution in [0.5, 0.6) is 5.75 Å². The van der Waals surface area contributed by atoms with E-state index in [0.29, 0.717) is 19.6 Å². The number of anilines is 2. The van der Waals surface area contributed by atoms with Gasteiger partial charge in [-0.2, -0.15) is 0 Å². The van der Waals surface area contributed by atoms with E-state index in [0.717, 1.165) is 24.4 Å². The molecule has 144 valence electrons. The van der Waals surface area contributed by atoms with Gasteiger partial charge in [0.2, 0.25) is 0 Å². The number of hydrogen-bond acceptors (Lipinski definition) is 4. The SMILES string of the molecule is COc1ccccc1CNC(=O)N1CCN(c2ccc(N(C)C)cc2)CC1. The maximum Gasteiger partial charge on any atom is 0.317 e. The molecule has 1 heterocycles. The Kier molecular flexibility index (Phi) is 6.06. The number of ether oxygens (including phenoxy) is 1. The Morgan fingerprint density at radius 3 is 2.33 bits per heavy atom. The standard InChI is InChI=1S/C21H28N4O2/c1-23(2)18-8-10-19(11-9-18)24-12-14-25(15-13-24)21(26)22-16-17-6-4-5-7-20(17)27-3/h4-11H,12-16H2,1-3H3,(H,22,26). The Balaban J connectivity index is 1.50. The van der Waals surface area contributed by atoms with Gasteiger partial charge < -0.3 is 24.8 Å². The summed E-state index contributed by atoms with van der Waals surface area (Å²) in [6.45, 7) is 3.57. The number of piperazine rings is 1. The summed E-state index contributed by atoms with van der Waals surface area (Å²) in [6.07, 6.45) is 0. The molecule has 1 fully saturated rings. The second-order valence-corrected chi connectivity index (χ2v) is 6.86. The van der Waals surface area contributed by atoms with E-state index in [1.807, 2.05) is 43.3 Å². The van der Waals surface area contributed by atoms with E-state index in [1.165, 1.54) is 11.4 Å². The van der Waals surface area contributed by atoms with Crippen molar-refractivity contribution in [3.05, 3.63) is 54.1 Å². The highest BCUT2D eigenvalue weighted by Crippen LogP contribution is 2.21. The van der Waals surface area contributed by atoms with E-state index in [9.17, 15) is 4.79 Å². The highest BCUT2D eigenvalue weighted by Gasteiger charge is 2.21. The zero-order chi connectivity index (χ0) is 19.2. The molecule has 2 aromatic rings. The molecule has 6 nitrogen and oxygen atoms in total. The summed E-state index contributed by atoms with van der Waals surface area (Å²) in [5.74, 6) is 0.795. The van der Waals surface area contributed by atoms with E-state index in [4.69, 9.17) is 4.74 Å². The van der Waals surface area contributed by atoms with Crippen molar-refractivity contribution < 1.29 is 9.53 Å². The third kappa shape index (κ3) is 4.64. The van der Waals surface area contributed by atoms with Crippen LogP contribution in [0.25, 0.3) is 0 Å². The lowest BCUT2D eigenvalue weighted by molar-refractivity contribution is 0.194. The van der Waals surface area contributed by atoms with Gasteiger partial charge >= 0.3 is 6.03 Å². The number of nitrogens with one attached hydrogen (secondary N) is 1. The first-order valence-corrected chi connectivity index (χ1v) is 9.25. The molecule has 0 atom stereocenters. The highest BCUT2D eigenvalue weighted by molar-refractivity contribution is 5.74. The maximum atomic E-state index is 12.5. The smallest absolute Gasteiger partial charge is 0.317 e. The topological polar surface area (TPSA) is 48.1 Å². The van der Waals surface area contributed by atoms with Crippen molar-refractivity contribution in [1.82, 2.24) is 10.2 Å². The summed E-state index contributed by atoms with van der Waals surface area (Å²) in [5.41, 5.74) is 3.37. The molecule has 0 bridgehead atoms. The number of amides is 2. The second kappa shape index (κ2) is 8.66. The quantitative estimate of drug-likeness (QED) is 0.882. The average Bonchev–Trinajstić information content (AvgIpc) is 2.72. The fraction of sp³-hybridized carbons (Fsp3) is 0.381. The van der Waals surface area contributed by atoms with Crippen molar-refractivity contribution in [3.8, 4) is 5.75 Å². The van der Waals surface area contributed by atoms with Crippen molar-refractivity contribution in [2.75, 3.05) is 57.2 Å². The van der Waals surface area contributed by atoms with Gasteiger partial charge in [0, 0.05) is 63.8 Å². The van der Waals surface area contributed by atoms with Crippen LogP contribution in [0.1, 0.15) is 5.56 Å². The van der Waals surface area contributed by atoms with E-state index in [-0.39, 0.29) is 6.03 Å². The van der Waals surface area contributed by atoms with Crippen LogP contribution in [-0.2, 0) is 6.54 Å². The molecule has 6 heteroatoms. The number of carbonyl (C=O) groups excluding carboxylic acids is 1. The van der Waals surface area contributed by atoms with E-state index in [2.05, 4.69) is 39.4 Å². The van der Waals surface area contributed by atoms with Gasteiger partial charge in [-0.15, -0.1) is 0 Å². The minimum Gasteiger partial charge on any atom is -0.496 e. The summed E-state index contributed by atoms with van der Waals surface area (Å²) >= 11 is 0. The Bertz CT molecular complexity index is 753. The summed E-state index contributed by atoms with van der Waals surface area (Å²) in [7, 11) is 5.72. The van der Waals surface area contributed by atoms with Crippen molar-refractivity contribution in [2.45, 2.75) is 6.54 Å². The number of urea groups is 1. The third-order valence-electron chi connectivity index (χ3n) is 4.92. The molecular weight excluding hydrogens is 340 g/mol. The van der Waals surface area contributed by atoms with E-state index < -0.39 is 0 Å². The van der Waals surface area contributed by atoms with Gasteiger partial charge in [-0.1, -0.05) is 18.2 Å². The fourth-order valence-corrected chi connectivity index (χ4v) is 3.26. The number of benzene rings is 2. The van der Waals surface area contributed by atoms with Crippen LogP contribution >= 0.6 is 0 Å². The molecule has 0 radical (unpaired) electrons. The monoisotopic (exact) mass is 368 g/mol. The van der Waals surface area contributed by atoms with E-state index in [1.54, 1.807) is 7.11 Å². The molecule has 0 aliphatic carbocycles. The molecule has 2 aromatic carbocycles. The molecule has 27 heavy (non-hydrogen) atoms. The highest BCUT2D eigenvalue weighted by atomic mass is 16.5. The van der Waals surface area contributed by atoms with Gasteiger partial charge in [0.15, 0.2) is 0 Å². The van der Waals surface area contributed by atoms with Crippen molar-refractivity contribution in [2.24, 2.45) is 0 Å². The normalized spacial score (nSPS) is 14.0. The van der Waals surface area contributed by atoms with Gasteiger partial charge in [0.05, 0.1) is 7.11 Å². The Morgan fingerprint density at radius 1 is 1.04 bits per heavy atom. The number of para-hydroxylation sites is 1. The predicted molar refractivity (Wildman–Crippen MR) is 110 cm³/mol. The number of carbonyl (C=O) groups is 1. The molecular formula is C21H28N4O2. The lowest BCUT2D eigenvalue weighted by Crippen LogP contribution is -2.51. The van der Waals surface area contributed by atoms with Crippen LogP contribution in [0.2, 0.25) is 0 Å². The summed E-state index contributed by atoms with van der Waals surface area (Å²) in [5, 5.41) is 3.00. The first-order valence-electron chi connectivity index (χ1n) is 9.25. The molecule has 1 aliphatic heterocycles. The maximum absolute atomic E-state index is 12.5. The summed E-state index contributed by atoms with van der Waals surface area (Å²) < 4.78 is 5.33. The third-order valence-corrected chi connectivity index (χ3v) is 4.92. The Hall–Kier alpha value is -2.89. The molecule has 0 unspecified atom stereocenters. The lowest BCUT2D eigenvalue weighted by atomic mass is 10.2. The zero-order valence-electron chi connectivity index (χ0n) is 16.3. The molecule has 1 saturated heterocycles. The average molecular weight is 368 g/mol. The molecule has 0 saturated carbocycles. The van der Waals surface area contributed by atoms with Crippen LogP contribution < -0.4 is 19.9 Å². The molecule has 0 spiro atoms. The minimum absolute atomic E-state index is 0.0245. The number of hydrogen-bond donors (Lipinski definition) is 1.